The molecule has 2 rings (SSSR count). The Balaban J connectivity index is 2.38. The third-order valence-corrected chi connectivity index (χ3v) is 3.03. The number of ether oxygens (including phenoxy) is 1. The molecule has 0 spiro atoms. The Bertz CT molecular complexity index is 696. The van der Waals surface area contributed by atoms with Crippen LogP contribution in [-0.4, -0.2) is 33.4 Å². The van der Waals surface area contributed by atoms with Gasteiger partial charge >= 0.3 is 5.97 Å². The first-order chi connectivity index (χ1) is 10.6. The Morgan fingerprint density at radius 3 is 2.41 bits per heavy atom. The van der Waals surface area contributed by atoms with Crippen LogP contribution in [0.1, 0.15) is 46.1 Å². The Morgan fingerprint density at radius 1 is 1.18 bits per heavy atom. The van der Waals surface area contributed by atoms with Crippen LogP contribution < -0.4 is 4.74 Å². The molecule has 2 aromatic rings. The second-order valence-electron chi connectivity index (χ2n) is 4.49. The fraction of sp³-hybridized carbons (Fsp3) is 0.250. The predicted molar refractivity (Wildman–Crippen MR) is 79.4 cm³/mol. The molecule has 0 atom stereocenters. The van der Waals surface area contributed by atoms with Crippen LogP contribution in [0.15, 0.2) is 30.5 Å². The number of carboxylic acids is 1. The van der Waals surface area contributed by atoms with Gasteiger partial charge in [-0.1, -0.05) is 6.92 Å². The first kappa shape index (κ1) is 15.6. The van der Waals surface area contributed by atoms with Gasteiger partial charge in [0.1, 0.15) is 11.6 Å². The highest BCUT2D eigenvalue weighted by molar-refractivity contribution is 6.13. The lowest BCUT2D eigenvalue weighted by Crippen LogP contribution is -2.14. The van der Waals surface area contributed by atoms with Crippen molar-refractivity contribution in [2.45, 2.75) is 20.3 Å². The van der Waals surface area contributed by atoms with Crippen LogP contribution in [0.4, 0.5) is 0 Å². The van der Waals surface area contributed by atoms with Crippen LogP contribution in [0.25, 0.3) is 0 Å². The van der Waals surface area contributed by atoms with E-state index >= 15 is 0 Å². The second-order valence-corrected chi connectivity index (χ2v) is 4.49. The zero-order valence-electron chi connectivity index (χ0n) is 12.4. The van der Waals surface area contributed by atoms with Gasteiger partial charge in [-0.2, -0.15) is 0 Å². The van der Waals surface area contributed by atoms with E-state index in [-0.39, 0.29) is 11.3 Å². The minimum absolute atomic E-state index is 0.0196. The largest absolute Gasteiger partial charge is 0.494 e. The van der Waals surface area contributed by atoms with E-state index in [1.54, 1.807) is 24.3 Å². The Morgan fingerprint density at radius 2 is 1.86 bits per heavy atom. The molecule has 6 heteroatoms. The number of carbonyl (C=O) groups excluding carboxylic acids is 1. The molecule has 0 radical (unpaired) electrons. The van der Waals surface area contributed by atoms with Crippen molar-refractivity contribution in [1.82, 2.24) is 9.97 Å². The van der Waals surface area contributed by atoms with Gasteiger partial charge in [-0.05, 0) is 31.2 Å². The summed E-state index contributed by atoms with van der Waals surface area (Å²) >= 11 is 0. The summed E-state index contributed by atoms with van der Waals surface area (Å²) in [6.45, 7) is 4.21. The van der Waals surface area contributed by atoms with Crippen molar-refractivity contribution in [3.05, 3.63) is 53.1 Å². The molecule has 0 aliphatic heterocycles. The van der Waals surface area contributed by atoms with Gasteiger partial charge in [0.05, 0.1) is 12.2 Å². The highest BCUT2D eigenvalue weighted by Crippen LogP contribution is 2.17. The summed E-state index contributed by atoms with van der Waals surface area (Å²) in [7, 11) is 0. The lowest BCUT2D eigenvalue weighted by Gasteiger charge is -2.07. The predicted octanol–water partition coefficient (Wildman–Crippen LogP) is 2.37. The average Bonchev–Trinajstić information content (AvgIpc) is 2.54. The van der Waals surface area contributed by atoms with Gasteiger partial charge in [-0.3, -0.25) is 4.79 Å². The number of nitrogens with zero attached hydrogens (tertiary/aromatic N) is 2. The van der Waals surface area contributed by atoms with Crippen LogP contribution >= 0.6 is 0 Å². The summed E-state index contributed by atoms with van der Waals surface area (Å²) in [5.41, 5.74) is 0.0680. The standard InChI is InChI=1S/C16H16N2O4/c1-3-13-17-9-12(14(18-13)16(20)21)15(19)10-5-7-11(8-6-10)22-4-2/h5-9H,3-4H2,1-2H3,(H,20,21). The topological polar surface area (TPSA) is 89.4 Å². The second kappa shape index (κ2) is 6.80. The number of rotatable bonds is 6. The van der Waals surface area contributed by atoms with Crippen molar-refractivity contribution >= 4 is 11.8 Å². The average molecular weight is 300 g/mol. The molecule has 0 bridgehead atoms. The lowest BCUT2D eigenvalue weighted by atomic mass is 10.0. The molecule has 0 amide bonds. The van der Waals surface area contributed by atoms with Crippen LogP contribution in [0.3, 0.4) is 0 Å². The highest BCUT2D eigenvalue weighted by Gasteiger charge is 2.20. The third kappa shape index (κ3) is 3.28. The zero-order valence-corrected chi connectivity index (χ0v) is 12.4. The van der Waals surface area contributed by atoms with E-state index in [1.807, 2.05) is 13.8 Å². The Kier molecular flexibility index (Phi) is 4.83. The van der Waals surface area contributed by atoms with Gasteiger partial charge in [0.15, 0.2) is 11.5 Å². The maximum atomic E-state index is 12.5. The third-order valence-electron chi connectivity index (χ3n) is 3.03. The zero-order chi connectivity index (χ0) is 16.1. The molecule has 0 fully saturated rings. The number of carbonyl (C=O) groups is 2. The fourth-order valence-electron chi connectivity index (χ4n) is 1.94. The SMILES string of the molecule is CCOc1ccc(C(=O)c2cnc(CC)nc2C(=O)O)cc1. The van der Waals surface area contributed by atoms with E-state index in [0.717, 1.165) is 0 Å². The normalized spacial score (nSPS) is 10.3. The smallest absolute Gasteiger partial charge is 0.355 e. The summed E-state index contributed by atoms with van der Waals surface area (Å²) in [5.74, 6) is -0.634. The first-order valence-corrected chi connectivity index (χ1v) is 6.93. The van der Waals surface area contributed by atoms with E-state index in [4.69, 9.17) is 4.74 Å². The van der Waals surface area contributed by atoms with Crippen molar-refractivity contribution in [1.29, 1.82) is 0 Å². The van der Waals surface area contributed by atoms with Gasteiger partial charge in [-0.25, -0.2) is 14.8 Å². The fourth-order valence-corrected chi connectivity index (χ4v) is 1.94. The maximum Gasteiger partial charge on any atom is 0.355 e. The number of benzene rings is 1. The molecular weight excluding hydrogens is 284 g/mol. The molecule has 0 saturated heterocycles. The van der Waals surface area contributed by atoms with Crippen LogP contribution in [0.5, 0.6) is 5.75 Å². The summed E-state index contributed by atoms with van der Waals surface area (Å²) in [6.07, 6.45) is 1.77. The quantitative estimate of drug-likeness (QED) is 0.824. The highest BCUT2D eigenvalue weighted by atomic mass is 16.5. The number of aromatic nitrogens is 2. The Hall–Kier alpha value is -2.76. The number of hydrogen-bond donors (Lipinski definition) is 1. The number of carboxylic acid groups (broad SMARTS) is 1. The number of ketones is 1. The van der Waals surface area contributed by atoms with Crippen LogP contribution in [0.2, 0.25) is 0 Å². The molecule has 1 aromatic heterocycles. The minimum atomic E-state index is -1.24. The molecule has 22 heavy (non-hydrogen) atoms. The summed E-state index contributed by atoms with van der Waals surface area (Å²) in [4.78, 5) is 31.7. The monoisotopic (exact) mass is 300 g/mol. The minimum Gasteiger partial charge on any atom is -0.494 e. The molecule has 0 unspecified atom stereocenters. The molecular formula is C16H16N2O4. The van der Waals surface area contributed by atoms with Crippen molar-refractivity contribution in [3.8, 4) is 5.75 Å². The van der Waals surface area contributed by atoms with E-state index in [2.05, 4.69) is 9.97 Å². The van der Waals surface area contributed by atoms with Crippen LogP contribution in [0, 0.1) is 0 Å². The molecule has 1 N–H and O–H groups in total. The van der Waals surface area contributed by atoms with Gasteiger partial charge < -0.3 is 9.84 Å². The Labute approximate surface area is 127 Å². The molecule has 0 saturated carbocycles. The molecule has 1 aromatic carbocycles. The number of aryl methyl sites for hydroxylation is 1. The summed E-state index contributed by atoms with van der Waals surface area (Å²) < 4.78 is 5.31. The van der Waals surface area contributed by atoms with E-state index in [9.17, 15) is 14.7 Å². The maximum absolute atomic E-state index is 12.5. The van der Waals surface area contributed by atoms with Crippen molar-refractivity contribution in [3.63, 3.8) is 0 Å². The molecule has 1 heterocycles. The van der Waals surface area contributed by atoms with Gasteiger partial charge in [0.25, 0.3) is 0 Å². The van der Waals surface area contributed by atoms with Crippen molar-refractivity contribution < 1.29 is 19.4 Å². The van der Waals surface area contributed by atoms with Crippen molar-refractivity contribution in [2.75, 3.05) is 6.61 Å². The summed E-state index contributed by atoms with van der Waals surface area (Å²) in [6, 6.07) is 6.51. The van der Waals surface area contributed by atoms with Gasteiger partial charge in [0, 0.05) is 18.2 Å². The molecule has 0 aliphatic rings. The first-order valence-electron chi connectivity index (χ1n) is 6.93. The van der Waals surface area contributed by atoms with E-state index in [0.29, 0.717) is 30.2 Å². The van der Waals surface area contributed by atoms with E-state index in [1.165, 1.54) is 6.20 Å². The van der Waals surface area contributed by atoms with Crippen molar-refractivity contribution in [2.24, 2.45) is 0 Å². The van der Waals surface area contributed by atoms with Gasteiger partial charge in [0.2, 0.25) is 0 Å². The van der Waals surface area contributed by atoms with E-state index < -0.39 is 11.8 Å². The molecule has 114 valence electrons. The number of hydrogen-bond acceptors (Lipinski definition) is 5. The lowest BCUT2D eigenvalue weighted by molar-refractivity contribution is 0.0685. The van der Waals surface area contributed by atoms with Crippen LogP contribution in [-0.2, 0) is 6.42 Å². The molecule has 6 nitrogen and oxygen atoms in total. The number of aromatic carboxylic acids is 1. The summed E-state index contributed by atoms with van der Waals surface area (Å²) in [5, 5.41) is 9.23. The van der Waals surface area contributed by atoms with Gasteiger partial charge in [-0.15, -0.1) is 0 Å². The molecule has 0 aliphatic carbocycles.